The summed E-state index contributed by atoms with van der Waals surface area (Å²) < 4.78 is 0. The number of carbonyl (C=O) groups excluding carboxylic acids is 1. The minimum Gasteiger partial charge on any atom is -0.357 e. The number of aromatic nitrogens is 2. The fourth-order valence-electron chi connectivity index (χ4n) is 4.70. The molecule has 7 heteroatoms. The number of fused-ring (bicyclic) bond motifs is 2. The van der Waals surface area contributed by atoms with Crippen LogP contribution in [0.3, 0.4) is 0 Å². The Hall–Kier alpha value is -2.44. The Morgan fingerprint density at radius 3 is 2.75 bits per heavy atom. The first-order valence-corrected chi connectivity index (χ1v) is 11.5. The number of nitrogens with zero attached hydrogens (tertiary/aromatic N) is 3. The van der Waals surface area contributed by atoms with E-state index in [1.807, 2.05) is 24.3 Å². The van der Waals surface area contributed by atoms with E-state index in [0.29, 0.717) is 11.6 Å². The zero-order chi connectivity index (χ0) is 22.2. The lowest BCUT2D eigenvalue weighted by Gasteiger charge is -2.44. The molecule has 0 radical (unpaired) electrons. The molecule has 5 rings (SSSR count). The Labute approximate surface area is 196 Å². The Balaban J connectivity index is 1.31. The van der Waals surface area contributed by atoms with Crippen LogP contribution in [0.1, 0.15) is 18.2 Å². The molecule has 164 valence electrons. The number of hydrogen-bond donors (Lipinski definition) is 1. The number of aromatic amines is 1. The van der Waals surface area contributed by atoms with Crippen molar-refractivity contribution in [3.05, 3.63) is 76.0 Å². The molecule has 3 heterocycles. The highest BCUT2D eigenvalue weighted by atomic mass is 35.5. The van der Waals surface area contributed by atoms with E-state index < -0.39 is 0 Å². The molecule has 0 saturated carbocycles. The molecule has 0 aliphatic carbocycles. The largest absolute Gasteiger partial charge is 0.357 e. The number of rotatable bonds is 5. The maximum Gasteiger partial charge on any atom is 0.138 e. The summed E-state index contributed by atoms with van der Waals surface area (Å²) in [6, 6.07) is 15.9. The third-order valence-electron chi connectivity index (χ3n) is 6.46. The quantitative estimate of drug-likeness (QED) is 0.405. The van der Waals surface area contributed by atoms with Crippen molar-refractivity contribution in [3.63, 3.8) is 0 Å². The summed E-state index contributed by atoms with van der Waals surface area (Å²) in [6.45, 7) is 5.31. The molecule has 1 aliphatic heterocycles. The summed E-state index contributed by atoms with van der Waals surface area (Å²) in [5.74, 6) is 0. The van der Waals surface area contributed by atoms with E-state index in [4.69, 9.17) is 23.2 Å². The summed E-state index contributed by atoms with van der Waals surface area (Å²) in [5, 5.41) is 3.49. The topological polar surface area (TPSA) is 52.2 Å². The van der Waals surface area contributed by atoms with Crippen LogP contribution in [0, 0.1) is 0 Å². The maximum atomic E-state index is 12.1. The van der Waals surface area contributed by atoms with Crippen LogP contribution in [0.15, 0.2) is 54.7 Å². The minimum atomic E-state index is -0.175. The summed E-state index contributed by atoms with van der Waals surface area (Å²) in [6.07, 6.45) is 2.81. The number of carbonyl (C=O) groups is 1. The summed E-state index contributed by atoms with van der Waals surface area (Å²) in [4.78, 5) is 24.6. The van der Waals surface area contributed by atoms with Crippen molar-refractivity contribution in [2.24, 2.45) is 0 Å². The third kappa shape index (κ3) is 4.14. The zero-order valence-corrected chi connectivity index (χ0v) is 19.3. The van der Waals surface area contributed by atoms with Crippen molar-refractivity contribution in [1.29, 1.82) is 0 Å². The smallest absolute Gasteiger partial charge is 0.138 e. The molecule has 0 spiro atoms. The van der Waals surface area contributed by atoms with Crippen LogP contribution in [0.2, 0.25) is 10.0 Å². The minimum absolute atomic E-state index is 0.101. The van der Waals surface area contributed by atoms with Gasteiger partial charge in [0.2, 0.25) is 0 Å². The lowest BCUT2D eigenvalue weighted by Crippen LogP contribution is -2.58. The average molecular weight is 467 g/mol. The highest BCUT2D eigenvalue weighted by molar-refractivity contribution is 6.35. The van der Waals surface area contributed by atoms with E-state index in [0.717, 1.165) is 64.0 Å². The predicted molar refractivity (Wildman–Crippen MR) is 130 cm³/mol. The fourth-order valence-corrected chi connectivity index (χ4v) is 5.09. The molecular formula is C25H24Cl2N4O. The van der Waals surface area contributed by atoms with Crippen molar-refractivity contribution in [3.8, 4) is 0 Å². The number of aldehydes is 1. The van der Waals surface area contributed by atoms with Crippen molar-refractivity contribution in [2.45, 2.75) is 32.1 Å². The molecule has 1 N–H and O–H groups in total. The van der Waals surface area contributed by atoms with Crippen molar-refractivity contribution < 1.29 is 4.79 Å². The van der Waals surface area contributed by atoms with Crippen LogP contribution >= 0.6 is 23.2 Å². The van der Waals surface area contributed by atoms with Gasteiger partial charge in [0.25, 0.3) is 0 Å². The number of nitrogens with one attached hydrogen (secondary N) is 1. The van der Waals surface area contributed by atoms with Gasteiger partial charge in [0.15, 0.2) is 0 Å². The first-order chi connectivity index (χ1) is 15.5. The Morgan fingerprint density at radius 2 is 1.91 bits per heavy atom. The SMILES string of the molecule is CC1C(C=O)N(Cc2ccc3c(Cl)ccnc3c2)CCN1Cc1cc2cc(Cl)ccc2[nH]1. The molecule has 2 unspecified atom stereocenters. The summed E-state index contributed by atoms with van der Waals surface area (Å²) in [7, 11) is 0. The molecular weight excluding hydrogens is 443 g/mol. The molecule has 2 aromatic heterocycles. The molecule has 1 fully saturated rings. The Morgan fingerprint density at radius 1 is 1.06 bits per heavy atom. The lowest BCUT2D eigenvalue weighted by molar-refractivity contribution is -0.117. The van der Waals surface area contributed by atoms with Crippen LogP contribution in [0.4, 0.5) is 0 Å². The molecule has 1 saturated heterocycles. The van der Waals surface area contributed by atoms with E-state index in [9.17, 15) is 4.79 Å². The molecule has 1 aliphatic rings. The van der Waals surface area contributed by atoms with Gasteiger partial charge in [0, 0.05) is 65.4 Å². The molecule has 0 amide bonds. The first kappa shape index (κ1) is 21.4. The second-order valence-electron chi connectivity index (χ2n) is 8.48. The number of piperazine rings is 1. The summed E-state index contributed by atoms with van der Waals surface area (Å²) in [5.41, 5.74) is 4.22. The van der Waals surface area contributed by atoms with Gasteiger partial charge in [-0.3, -0.25) is 14.8 Å². The van der Waals surface area contributed by atoms with Gasteiger partial charge in [-0.25, -0.2) is 0 Å². The number of H-pyrrole nitrogens is 1. The third-order valence-corrected chi connectivity index (χ3v) is 7.02. The van der Waals surface area contributed by atoms with Crippen LogP contribution in [0.25, 0.3) is 21.8 Å². The van der Waals surface area contributed by atoms with Crippen LogP contribution < -0.4 is 0 Å². The number of hydrogen-bond acceptors (Lipinski definition) is 4. The summed E-state index contributed by atoms with van der Waals surface area (Å²) >= 11 is 12.4. The lowest BCUT2D eigenvalue weighted by atomic mass is 10.0. The zero-order valence-electron chi connectivity index (χ0n) is 17.8. The fraction of sp³-hybridized carbons (Fsp3) is 0.280. The van der Waals surface area contributed by atoms with E-state index in [-0.39, 0.29) is 12.1 Å². The van der Waals surface area contributed by atoms with Gasteiger partial charge in [0.1, 0.15) is 6.29 Å². The van der Waals surface area contributed by atoms with Crippen molar-refractivity contribution >= 4 is 51.3 Å². The normalized spacial score (nSPS) is 20.2. The second kappa shape index (κ2) is 8.83. The van der Waals surface area contributed by atoms with Gasteiger partial charge in [-0.05, 0) is 48.9 Å². The van der Waals surface area contributed by atoms with Crippen molar-refractivity contribution in [2.75, 3.05) is 13.1 Å². The number of halogens is 2. The van der Waals surface area contributed by atoms with E-state index >= 15 is 0 Å². The molecule has 0 bridgehead atoms. The maximum absolute atomic E-state index is 12.1. The molecule has 2 atom stereocenters. The van der Waals surface area contributed by atoms with Gasteiger partial charge in [-0.2, -0.15) is 0 Å². The van der Waals surface area contributed by atoms with Gasteiger partial charge in [0.05, 0.1) is 16.6 Å². The Bertz CT molecular complexity index is 1290. The number of pyridine rings is 1. The Kier molecular flexibility index (Phi) is 5.91. The first-order valence-electron chi connectivity index (χ1n) is 10.8. The van der Waals surface area contributed by atoms with E-state index in [1.54, 1.807) is 12.3 Å². The standard InChI is InChI=1S/C25H24Cl2N4O/c1-16-25(15-32)31(13-17-2-4-21-22(27)6-7-28-24(21)10-17)9-8-30(16)14-20-12-18-11-19(26)3-5-23(18)29-20/h2-7,10-12,15-16,25,29H,8-9,13-14H2,1H3. The molecule has 2 aromatic carbocycles. The predicted octanol–water partition coefficient (Wildman–Crippen LogP) is 5.30. The van der Waals surface area contributed by atoms with Crippen LogP contribution in [0.5, 0.6) is 0 Å². The second-order valence-corrected chi connectivity index (χ2v) is 9.32. The van der Waals surface area contributed by atoms with E-state index in [1.165, 1.54) is 0 Å². The van der Waals surface area contributed by atoms with Gasteiger partial charge < -0.3 is 9.78 Å². The van der Waals surface area contributed by atoms with Crippen LogP contribution in [-0.4, -0.2) is 51.2 Å². The highest BCUT2D eigenvalue weighted by Gasteiger charge is 2.33. The number of benzene rings is 2. The van der Waals surface area contributed by atoms with Gasteiger partial charge in [-0.15, -0.1) is 0 Å². The highest BCUT2D eigenvalue weighted by Crippen LogP contribution is 2.26. The van der Waals surface area contributed by atoms with Gasteiger partial charge in [-0.1, -0.05) is 35.3 Å². The molecule has 4 aromatic rings. The van der Waals surface area contributed by atoms with Crippen LogP contribution in [-0.2, 0) is 17.9 Å². The molecule has 32 heavy (non-hydrogen) atoms. The van der Waals surface area contributed by atoms with Gasteiger partial charge >= 0.3 is 0 Å². The monoisotopic (exact) mass is 466 g/mol. The average Bonchev–Trinajstić information content (AvgIpc) is 3.17. The molecule has 5 nitrogen and oxygen atoms in total. The van der Waals surface area contributed by atoms with Crippen molar-refractivity contribution in [1.82, 2.24) is 19.8 Å². The van der Waals surface area contributed by atoms with E-state index in [2.05, 4.69) is 44.9 Å².